The van der Waals surface area contributed by atoms with Gasteiger partial charge in [-0.15, -0.1) is 0 Å². The summed E-state index contributed by atoms with van der Waals surface area (Å²) in [4.78, 5) is 21.1. The second-order valence-electron chi connectivity index (χ2n) is 4.23. The van der Waals surface area contributed by atoms with Crippen LogP contribution in [0.1, 0.15) is 10.5 Å². The van der Waals surface area contributed by atoms with Gasteiger partial charge in [0.2, 0.25) is 0 Å². The highest BCUT2D eigenvalue weighted by Crippen LogP contribution is 2.15. The van der Waals surface area contributed by atoms with Crippen molar-refractivity contribution in [1.29, 1.82) is 0 Å². The quantitative estimate of drug-likeness (QED) is 0.851. The molecule has 2 rings (SSSR count). The Kier molecular flexibility index (Phi) is 5.05. The molecular weight excluding hydrogens is 297 g/mol. The Morgan fingerprint density at radius 2 is 2.10 bits per heavy atom. The van der Waals surface area contributed by atoms with Crippen LogP contribution in [0, 0.1) is 5.82 Å². The molecule has 0 aliphatic rings. The van der Waals surface area contributed by atoms with Crippen LogP contribution in [0.4, 0.5) is 4.39 Å². The van der Waals surface area contributed by atoms with Crippen molar-refractivity contribution in [3.8, 4) is 5.75 Å². The molecule has 0 spiro atoms. The highest BCUT2D eigenvalue weighted by molar-refractivity contribution is 6.29. The van der Waals surface area contributed by atoms with Crippen LogP contribution in [0.5, 0.6) is 5.75 Å². The van der Waals surface area contributed by atoms with Crippen LogP contribution in [-0.4, -0.2) is 41.0 Å². The summed E-state index contributed by atoms with van der Waals surface area (Å²) in [5, 5.41) is 0.220. The Balaban J connectivity index is 1.87. The Morgan fingerprint density at radius 3 is 2.76 bits per heavy atom. The number of carbonyl (C=O) groups excluding carboxylic acids is 1. The normalized spacial score (nSPS) is 10.2. The molecule has 110 valence electrons. The lowest BCUT2D eigenvalue weighted by Crippen LogP contribution is -2.31. The van der Waals surface area contributed by atoms with E-state index in [1.165, 1.54) is 29.4 Å². The molecule has 1 heterocycles. The van der Waals surface area contributed by atoms with E-state index in [1.54, 1.807) is 19.2 Å². The zero-order chi connectivity index (χ0) is 15.2. The molecule has 1 aromatic carbocycles. The second kappa shape index (κ2) is 6.99. The summed E-state index contributed by atoms with van der Waals surface area (Å²) in [7, 11) is 1.60. The summed E-state index contributed by atoms with van der Waals surface area (Å²) in [6.45, 7) is 0.460. The number of nitrogens with zero attached hydrogens (tertiary/aromatic N) is 3. The topological polar surface area (TPSA) is 55.3 Å². The van der Waals surface area contributed by atoms with E-state index in [1.807, 2.05) is 0 Å². The molecule has 1 aromatic heterocycles. The average Bonchev–Trinajstić information content (AvgIpc) is 2.49. The van der Waals surface area contributed by atoms with Crippen LogP contribution >= 0.6 is 11.6 Å². The molecule has 0 unspecified atom stereocenters. The molecule has 0 N–H and O–H groups in total. The van der Waals surface area contributed by atoms with Gasteiger partial charge in [-0.05, 0) is 12.1 Å². The maximum absolute atomic E-state index is 13.3. The fourth-order valence-corrected chi connectivity index (χ4v) is 1.67. The molecule has 5 nitrogen and oxygen atoms in total. The molecule has 0 bridgehead atoms. The molecule has 0 saturated carbocycles. The predicted octanol–water partition coefficient (Wildman–Crippen LogP) is 2.42. The van der Waals surface area contributed by atoms with Crippen molar-refractivity contribution in [2.45, 2.75) is 0 Å². The minimum atomic E-state index is -0.435. The molecule has 0 aliphatic heterocycles. The van der Waals surface area contributed by atoms with Gasteiger partial charge in [-0.1, -0.05) is 23.7 Å². The average molecular weight is 310 g/mol. The van der Waals surface area contributed by atoms with Crippen molar-refractivity contribution in [2.24, 2.45) is 0 Å². The van der Waals surface area contributed by atoms with Gasteiger partial charge >= 0.3 is 0 Å². The van der Waals surface area contributed by atoms with Crippen LogP contribution in [-0.2, 0) is 0 Å². The van der Waals surface area contributed by atoms with Crippen molar-refractivity contribution in [2.75, 3.05) is 20.2 Å². The maximum Gasteiger partial charge on any atom is 0.273 e. The molecule has 7 heteroatoms. The van der Waals surface area contributed by atoms with Gasteiger partial charge in [-0.2, -0.15) is 0 Å². The van der Waals surface area contributed by atoms with Crippen LogP contribution in [0.15, 0.2) is 36.7 Å². The molecule has 0 aliphatic carbocycles. The van der Waals surface area contributed by atoms with E-state index in [4.69, 9.17) is 16.3 Å². The number of ether oxygens (including phenoxy) is 1. The number of amides is 1. The van der Waals surface area contributed by atoms with E-state index in [2.05, 4.69) is 9.97 Å². The van der Waals surface area contributed by atoms with E-state index in [-0.39, 0.29) is 35.7 Å². The Morgan fingerprint density at radius 1 is 1.33 bits per heavy atom. The van der Waals surface area contributed by atoms with Gasteiger partial charge in [-0.3, -0.25) is 4.79 Å². The maximum atomic E-state index is 13.3. The number of aromatic nitrogens is 2. The molecule has 0 saturated heterocycles. The molecule has 0 fully saturated rings. The summed E-state index contributed by atoms with van der Waals surface area (Å²) >= 11 is 5.61. The summed E-state index contributed by atoms with van der Waals surface area (Å²) < 4.78 is 18.6. The van der Waals surface area contributed by atoms with Gasteiger partial charge in [0.05, 0.1) is 18.9 Å². The Labute approximate surface area is 126 Å². The number of hydrogen-bond donors (Lipinski definition) is 0. The van der Waals surface area contributed by atoms with E-state index in [9.17, 15) is 9.18 Å². The van der Waals surface area contributed by atoms with Crippen molar-refractivity contribution < 1.29 is 13.9 Å². The summed E-state index contributed by atoms with van der Waals surface area (Å²) in [6, 6.07) is 6.10. The van der Waals surface area contributed by atoms with Crippen LogP contribution in [0.3, 0.4) is 0 Å². The van der Waals surface area contributed by atoms with Gasteiger partial charge in [0.1, 0.15) is 17.5 Å². The molecule has 0 radical (unpaired) electrons. The van der Waals surface area contributed by atoms with Crippen LogP contribution in [0.25, 0.3) is 0 Å². The molecule has 0 atom stereocenters. The number of likely N-dealkylation sites (N-methyl/N-ethyl adjacent to an activating group) is 1. The standard InChI is InChI=1S/C14H13ClFN3O2/c1-19(14(20)11-8-18-13(15)9-17-11)6-7-21-12-5-3-2-4-10(12)16/h2-5,8-9H,6-7H2,1H3. The van der Waals surface area contributed by atoms with Crippen LogP contribution in [0.2, 0.25) is 5.15 Å². The monoisotopic (exact) mass is 309 g/mol. The van der Waals surface area contributed by atoms with Gasteiger partial charge in [0.25, 0.3) is 5.91 Å². The lowest BCUT2D eigenvalue weighted by atomic mass is 10.3. The van der Waals surface area contributed by atoms with Gasteiger partial charge < -0.3 is 9.64 Å². The van der Waals surface area contributed by atoms with Gasteiger partial charge in [0.15, 0.2) is 11.6 Å². The van der Waals surface area contributed by atoms with Crippen molar-refractivity contribution in [3.05, 3.63) is 53.3 Å². The Bertz CT molecular complexity index is 622. The lowest BCUT2D eigenvalue weighted by molar-refractivity contribution is 0.0766. The first-order chi connectivity index (χ1) is 10.1. The van der Waals surface area contributed by atoms with Crippen molar-refractivity contribution in [3.63, 3.8) is 0 Å². The highest BCUT2D eigenvalue weighted by atomic mass is 35.5. The molecular formula is C14H13ClFN3O2. The lowest BCUT2D eigenvalue weighted by Gasteiger charge is -2.17. The third-order valence-corrected chi connectivity index (χ3v) is 2.90. The minimum Gasteiger partial charge on any atom is -0.489 e. The van der Waals surface area contributed by atoms with Gasteiger partial charge in [0, 0.05) is 7.05 Å². The highest BCUT2D eigenvalue weighted by Gasteiger charge is 2.13. The first-order valence-electron chi connectivity index (χ1n) is 6.18. The fraction of sp³-hybridized carbons (Fsp3) is 0.214. The second-order valence-corrected chi connectivity index (χ2v) is 4.62. The number of benzene rings is 1. The van der Waals surface area contributed by atoms with E-state index in [0.29, 0.717) is 0 Å². The number of para-hydroxylation sites is 1. The van der Waals surface area contributed by atoms with E-state index < -0.39 is 5.82 Å². The third kappa shape index (κ3) is 4.13. The van der Waals surface area contributed by atoms with Crippen molar-refractivity contribution in [1.82, 2.24) is 14.9 Å². The first-order valence-corrected chi connectivity index (χ1v) is 6.56. The molecule has 21 heavy (non-hydrogen) atoms. The number of hydrogen-bond acceptors (Lipinski definition) is 4. The third-order valence-electron chi connectivity index (χ3n) is 2.71. The van der Waals surface area contributed by atoms with E-state index in [0.717, 1.165) is 0 Å². The Hall–Kier alpha value is -2.21. The zero-order valence-electron chi connectivity index (χ0n) is 11.3. The van der Waals surface area contributed by atoms with Crippen molar-refractivity contribution >= 4 is 17.5 Å². The number of carbonyl (C=O) groups is 1. The fourth-order valence-electron chi connectivity index (χ4n) is 1.57. The molecule has 1 amide bonds. The number of rotatable bonds is 5. The zero-order valence-corrected chi connectivity index (χ0v) is 12.0. The predicted molar refractivity (Wildman–Crippen MR) is 75.9 cm³/mol. The SMILES string of the molecule is CN(CCOc1ccccc1F)C(=O)c1cnc(Cl)cn1. The smallest absolute Gasteiger partial charge is 0.273 e. The number of halogens is 2. The molecule has 2 aromatic rings. The first kappa shape index (κ1) is 15.2. The largest absolute Gasteiger partial charge is 0.489 e. The van der Waals surface area contributed by atoms with E-state index >= 15 is 0 Å². The summed E-state index contributed by atoms with van der Waals surface area (Å²) in [5.74, 6) is -0.587. The summed E-state index contributed by atoms with van der Waals surface area (Å²) in [6.07, 6.45) is 2.61. The van der Waals surface area contributed by atoms with Crippen LogP contribution < -0.4 is 4.74 Å². The minimum absolute atomic E-state index is 0.157. The van der Waals surface area contributed by atoms with Gasteiger partial charge in [-0.25, -0.2) is 14.4 Å². The summed E-state index contributed by atoms with van der Waals surface area (Å²) in [5.41, 5.74) is 0.188.